The van der Waals surface area contributed by atoms with Gasteiger partial charge in [-0.2, -0.15) is 0 Å². The van der Waals surface area contributed by atoms with Crippen molar-refractivity contribution in [2.75, 3.05) is 6.61 Å². The van der Waals surface area contributed by atoms with Crippen molar-refractivity contribution in [1.29, 1.82) is 0 Å². The second kappa shape index (κ2) is 7.04. The van der Waals surface area contributed by atoms with E-state index in [1.54, 1.807) is 6.92 Å². The number of carbonyl (C=O) groups excluding carboxylic acids is 2. The summed E-state index contributed by atoms with van der Waals surface area (Å²) in [5.41, 5.74) is 3.49. The molecule has 1 aliphatic rings. The third-order valence-corrected chi connectivity index (χ3v) is 4.93. The molecule has 4 nitrogen and oxygen atoms in total. The summed E-state index contributed by atoms with van der Waals surface area (Å²) in [6, 6.07) is 7.60. The van der Waals surface area contributed by atoms with Crippen LogP contribution in [0.25, 0.3) is 0 Å². The number of Topliss-reactive ketones (excluding diaryl/α,β-unsaturated/α-hetero) is 1. The number of esters is 1. The van der Waals surface area contributed by atoms with Gasteiger partial charge in [-0.15, -0.1) is 0 Å². The summed E-state index contributed by atoms with van der Waals surface area (Å²) in [6.07, 6.45) is 1.05. The first-order valence-electron chi connectivity index (χ1n) is 8.54. The van der Waals surface area contributed by atoms with E-state index in [9.17, 15) is 9.59 Å². The van der Waals surface area contributed by atoms with E-state index in [1.807, 2.05) is 38.1 Å². The van der Waals surface area contributed by atoms with E-state index in [2.05, 4.69) is 4.98 Å². The van der Waals surface area contributed by atoms with Gasteiger partial charge in [0.25, 0.3) is 0 Å². The molecule has 0 aliphatic heterocycles. The van der Waals surface area contributed by atoms with Crippen LogP contribution >= 0.6 is 11.6 Å². The van der Waals surface area contributed by atoms with Crippen LogP contribution in [0.3, 0.4) is 0 Å². The number of carbonyl (C=O) groups is 2. The molecule has 1 aromatic carbocycles. The van der Waals surface area contributed by atoms with Gasteiger partial charge in [-0.25, -0.2) is 4.79 Å². The highest BCUT2D eigenvalue weighted by Crippen LogP contribution is 2.37. The number of nitrogens with one attached hydrogen (secondary N) is 1. The Hall–Kier alpha value is -2.07. The number of benzene rings is 1. The fraction of sp³-hybridized carbons (Fsp3) is 0.400. The smallest absolute Gasteiger partial charge is 0.355 e. The second-order valence-corrected chi connectivity index (χ2v) is 7.43. The Balaban J connectivity index is 1.90. The van der Waals surface area contributed by atoms with Gasteiger partial charge in [-0.3, -0.25) is 4.79 Å². The van der Waals surface area contributed by atoms with Crippen LogP contribution in [-0.4, -0.2) is 23.3 Å². The van der Waals surface area contributed by atoms with Crippen LogP contribution in [0.1, 0.15) is 63.9 Å². The van der Waals surface area contributed by atoms with Crippen molar-refractivity contribution in [2.45, 2.75) is 39.5 Å². The van der Waals surface area contributed by atoms with Gasteiger partial charge in [0.1, 0.15) is 5.69 Å². The maximum atomic E-state index is 12.7. The predicted octanol–water partition coefficient (Wildman–Crippen LogP) is 4.70. The molecule has 1 heterocycles. The van der Waals surface area contributed by atoms with Crippen LogP contribution in [0, 0.1) is 12.8 Å². The Morgan fingerprint density at radius 1 is 1.32 bits per heavy atom. The lowest BCUT2D eigenvalue weighted by Gasteiger charge is -2.22. The lowest BCUT2D eigenvalue weighted by molar-refractivity contribution is 0.0451. The Labute approximate surface area is 152 Å². The number of rotatable bonds is 4. The summed E-state index contributed by atoms with van der Waals surface area (Å²) in [4.78, 5) is 28.1. The van der Waals surface area contributed by atoms with E-state index in [0.717, 1.165) is 11.3 Å². The molecule has 0 unspecified atom stereocenters. The van der Waals surface area contributed by atoms with E-state index < -0.39 is 5.97 Å². The lowest BCUT2D eigenvalue weighted by Crippen LogP contribution is -2.18. The van der Waals surface area contributed by atoms with Gasteiger partial charge in [0.15, 0.2) is 5.78 Å². The van der Waals surface area contributed by atoms with Crippen LogP contribution in [0.15, 0.2) is 24.3 Å². The van der Waals surface area contributed by atoms with Crippen molar-refractivity contribution in [3.05, 3.63) is 57.4 Å². The summed E-state index contributed by atoms with van der Waals surface area (Å²) < 4.78 is 5.31. The SMILES string of the molecule is Cc1c(C(=O)OCC(C)C)[nH]c2c1C(=O)C[C@H](c1ccccc1Cl)C2. The predicted molar refractivity (Wildman–Crippen MR) is 97.5 cm³/mol. The number of aromatic nitrogens is 1. The molecule has 0 spiro atoms. The summed E-state index contributed by atoms with van der Waals surface area (Å²) in [5.74, 6) is -0.0723. The van der Waals surface area contributed by atoms with Crippen molar-refractivity contribution in [3.63, 3.8) is 0 Å². The van der Waals surface area contributed by atoms with Gasteiger partial charge in [0.2, 0.25) is 0 Å². The van der Waals surface area contributed by atoms with Gasteiger partial charge in [-0.1, -0.05) is 43.6 Å². The van der Waals surface area contributed by atoms with Gasteiger partial charge >= 0.3 is 5.97 Å². The highest BCUT2D eigenvalue weighted by molar-refractivity contribution is 6.31. The van der Waals surface area contributed by atoms with Gasteiger partial charge in [0.05, 0.1) is 6.61 Å². The van der Waals surface area contributed by atoms with Crippen LogP contribution in [0.5, 0.6) is 0 Å². The van der Waals surface area contributed by atoms with Crippen LogP contribution in [0.4, 0.5) is 0 Å². The number of halogens is 1. The van der Waals surface area contributed by atoms with Crippen molar-refractivity contribution in [1.82, 2.24) is 4.98 Å². The van der Waals surface area contributed by atoms with Crippen LogP contribution in [-0.2, 0) is 11.2 Å². The van der Waals surface area contributed by atoms with Crippen molar-refractivity contribution >= 4 is 23.4 Å². The summed E-state index contributed by atoms with van der Waals surface area (Å²) in [7, 11) is 0. The summed E-state index contributed by atoms with van der Waals surface area (Å²) in [5, 5.41) is 0.670. The number of hydrogen-bond acceptors (Lipinski definition) is 3. The maximum Gasteiger partial charge on any atom is 0.355 e. The molecule has 0 saturated carbocycles. The molecule has 5 heteroatoms. The van der Waals surface area contributed by atoms with Crippen LogP contribution < -0.4 is 0 Å². The number of ketones is 1. The Morgan fingerprint density at radius 2 is 2.04 bits per heavy atom. The molecule has 1 aliphatic carbocycles. The zero-order valence-electron chi connectivity index (χ0n) is 14.7. The van der Waals surface area contributed by atoms with Crippen molar-refractivity contribution in [2.24, 2.45) is 5.92 Å². The average molecular weight is 360 g/mol. The third kappa shape index (κ3) is 3.49. The van der Waals surface area contributed by atoms with Crippen molar-refractivity contribution in [3.8, 4) is 0 Å². The number of ether oxygens (including phenoxy) is 1. The minimum atomic E-state index is -0.400. The van der Waals surface area contributed by atoms with E-state index in [0.29, 0.717) is 41.3 Å². The minimum absolute atomic E-state index is 0.0197. The molecular formula is C20H22ClNO3. The largest absolute Gasteiger partial charge is 0.461 e. The molecule has 25 heavy (non-hydrogen) atoms. The molecule has 1 atom stereocenters. The molecule has 132 valence electrons. The number of H-pyrrole nitrogens is 1. The molecule has 0 radical (unpaired) electrons. The lowest BCUT2D eigenvalue weighted by atomic mass is 9.81. The number of aromatic amines is 1. The molecule has 3 rings (SSSR count). The van der Waals surface area contributed by atoms with Gasteiger partial charge in [0, 0.05) is 22.7 Å². The van der Waals surface area contributed by atoms with E-state index in [1.165, 1.54) is 0 Å². The average Bonchev–Trinajstić information content (AvgIpc) is 2.90. The molecule has 0 bridgehead atoms. The molecule has 1 N–H and O–H groups in total. The molecule has 0 saturated heterocycles. The van der Waals surface area contributed by atoms with E-state index >= 15 is 0 Å². The first-order valence-corrected chi connectivity index (χ1v) is 8.92. The fourth-order valence-electron chi connectivity index (χ4n) is 3.38. The third-order valence-electron chi connectivity index (χ3n) is 4.59. The molecule has 2 aromatic rings. The zero-order valence-corrected chi connectivity index (χ0v) is 15.4. The molecule has 1 aromatic heterocycles. The standard InChI is InChI=1S/C20H22ClNO3/c1-11(2)10-25-20(24)19-12(3)18-16(22-19)8-13(9-17(18)23)14-6-4-5-7-15(14)21/h4-7,11,13,22H,8-10H2,1-3H3/t13-/m1/s1. The maximum absolute atomic E-state index is 12.7. The topological polar surface area (TPSA) is 59.2 Å². The molecule has 0 amide bonds. The minimum Gasteiger partial charge on any atom is -0.461 e. The zero-order chi connectivity index (χ0) is 18.1. The first-order chi connectivity index (χ1) is 11.9. The van der Waals surface area contributed by atoms with Gasteiger partial charge < -0.3 is 9.72 Å². The molecule has 0 fully saturated rings. The first kappa shape index (κ1) is 17.7. The second-order valence-electron chi connectivity index (χ2n) is 7.02. The Morgan fingerprint density at radius 3 is 2.72 bits per heavy atom. The number of fused-ring (bicyclic) bond motifs is 1. The quantitative estimate of drug-likeness (QED) is 0.805. The molecular weight excluding hydrogens is 338 g/mol. The number of hydrogen-bond donors (Lipinski definition) is 1. The Bertz CT molecular complexity index is 822. The van der Waals surface area contributed by atoms with E-state index in [-0.39, 0.29) is 17.6 Å². The summed E-state index contributed by atoms with van der Waals surface area (Å²) >= 11 is 6.29. The fourth-order valence-corrected chi connectivity index (χ4v) is 3.67. The summed E-state index contributed by atoms with van der Waals surface area (Å²) in [6.45, 7) is 6.13. The normalized spacial score (nSPS) is 16.8. The van der Waals surface area contributed by atoms with Gasteiger partial charge in [-0.05, 0) is 42.4 Å². The van der Waals surface area contributed by atoms with Crippen LogP contribution in [0.2, 0.25) is 5.02 Å². The van der Waals surface area contributed by atoms with Crippen molar-refractivity contribution < 1.29 is 14.3 Å². The Kier molecular flexibility index (Phi) is 5.00. The van der Waals surface area contributed by atoms with E-state index in [4.69, 9.17) is 16.3 Å². The highest BCUT2D eigenvalue weighted by Gasteiger charge is 2.32. The monoisotopic (exact) mass is 359 g/mol. The highest BCUT2D eigenvalue weighted by atomic mass is 35.5.